The summed E-state index contributed by atoms with van der Waals surface area (Å²) in [5, 5.41) is 0. The van der Waals surface area contributed by atoms with E-state index in [2.05, 4.69) is 13.2 Å². The molecule has 2 bridgehead atoms. The van der Waals surface area contributed by atoms with Crippen LogP contribution in [0.25, 0.3) is 0 Å². The van der Waals surface area contributed by atoms with Gasteiger partial charge in [0, 0.05) is 24.4 Å². The van der Waals surface area contributed by atoms with Crippen molar-refractivity contribution in [2.45, 2.75) is 78.4 Å². The lowest BCUT2D eigenvalue weighted by molar-refractivity contribution is -0.149. The fourth-order valence-electron chi connectivity index (χ4n) is 6.67. The van der Waals surface area contributed by atoms with Gasteiger partial charge < -0.3 is 28.4 Å². The molecule has 3 saturated carbocycles. The van der Waals surface area contributed by atoms with E-state index in [4.69, 9.17) is 28.4 Å². The maximum atomic E-state index is 11.5. The molecule has 3 aliphatic carbocycles. The van der Waals surface area contributed by atoms with Crippen molar-refractivity contribution >= 4 is 11.9 Å². The molecule has 0 N–H and O–H groups in total. The fourth-order valence-corrected chi connectivity index (χ4v) is 6.67. The Bertz CT molecular complexity index is 1150. The number of para-hydroxylation sites is 2. The first kappa shape index (κ1) is 38.8. The third-order valence-corrected chi connectivity index (χ3v) is 8.97. The van der Waals surface area contributed by atoms with Gasteiger partial charge in [-0.05, 0) is 108 Å². The highest BCUT2D eigenvalue weighted by Crippen LogP contribution is 2.58. The maximum absolute atomic E-state index is 11.5. The van der Waals surface area contributed by atoms with E-state index < -0.39 is 24.1 Å². The number of fused-ring (bicyclic) bond motifs is 5. The standard InChI is InChI=1S/2C15H20O4.C10H16/c2*1-4-17-10-14(19-15(16)12(2)3)11-18-13-8-6-5-7-9-13;1-2-9-7-4-5-8(6-7)10(9)3-1/h2*5-9,14H,2,4,10-11H2,1,3H3;7-10H,1-6H2. The summed E-state index contributed by atoms with van der Waals surface area (Å²) in [5.41, 5.74) is 0.724. The fraction of sp³-hybridized carbons (Fsp3) is 0.550. The van der Waals surface area contributed by atoms with Gasteiger partial charge in [0.2, 0.25) is 0 Å². The monoisotopic (exact) mass is 664 g/mol. The molecule has 2 aromatic rings. The Morgan fingerprint density at radius 1 is 0.646 bits per heavy atom. The Kier molecular flexibility index (Phi) is 17.3. The number of esters is 2. The summed E-state index contributed by atoms with van der Waals surface area (Å²) in [7, 11) is 0. The molecular formula is C40H56O8. The van der Waals surface area contributed by atoms with Crippen LogP contribution < -0.4 is 9.47 Å². The first-order valence-corrected chi connectivity index (χ1v) is 17.5. The number of carbonyl (C=O) groups excluding carboxylic acids is 2. The van der Waals surface area contributed by atoms with Crippen LogP contribution in [-0.4, -0.2) is 63.8 Å². The summed E-state index contributed by atoms with van der Waals surface area (Å²) in [4.78, 5) is 23.0. The molecule has 6 unspecified atom stereocenters. The minimum absolute atomic E-state index is 0.253. The first-order chi connectivity index (χ1) is 23.2. The zero-order chi connectivity index (χ0) is 34.7. The highest BCUT2D eigenvalue weighted by molar-refractivity contribution is 5.87. The molecule has 0 heterocycles. The van der Waals surface area contributed by atoms with Crippen molar-refractivity contribution in [3.63, 3.8) is 0 Å². The van der Waals surface area contributed by atoms with Crippen LogP contribution in [0, 0.1) is 23.7 Å². The van der Waals surface area contributed by atoms with Crippen LogP contribution in [-0.2, 0) is 28.5 Å². The van der Waals surface area contributed by atoms with Crippen molar-refractivity contribution in [3.8, 4) is 11.5 Å². The minimum Gasteiger partial charge on any atom is -0.490 e. The summed E-state index contributed by atoms with van der Waals surface area (Å²) in [6.07, 6.45) is 8.65. The van der Waals surface area contributed by atoms with Gasteiger partial charge in [0.25, 0.3) is 0 Å². The maximum Gasteiger partial charge on any atom is 0.333 e. The van der Waals surface area contributed by atoms with E-state index in [1.54, 1.807) is 52.4 Å². The van der Waals surface area contributed by atoms with Crippen LogP contribution in [0.4, 0.5) is 0 Å². The quantitative estimate of drug-likeness (QED) is 0.132. The van der Waals surface area contributed by atoms with E-state index in [9.17, 15) is 9.59 Å². The van der Waals surface area contributed by atoms with Gasteiger partial charge in [-0.25, -0.2) is 9.59 Å². The van der Waals surface area contributed by atoms with Gasteiger partial charge in [0.05, 0.1) is 13.2 Å². The Hall–Kier alpha value is -3.62. The second-order valence-corrected chi connectivity index (χ2v) is 12.8. The summed E-state index contributed by atoms with van der Waals surface area (Å²) in [6.45, 7) is 16.3. The molecule has 8 heteroatoms. The van der Waals surface area contributed by atoms with Crippen molar-refractivity contribution in [3.05, 3.63) is 85.0 Å². The second-order valence-electron chi connectivity index (χ2n) is 12.8. The molecule has 0 spiro atoms. The van der Waals surface area contributed by atoms with Crippen molar-refractivity contribution in [1.29, 1.82) is 0 Å². The first-order valence-electron chi connectivity index (χ1n) is 17.5. The third-order valence-electron chi connectivity index (χ3n) is 8.97. The van der Waals surface area contributed by atoms with Crippen LogP contribution >= 0.6 is 0 Å². The average Bonchev–Trinajstić information content (AvgIpc) is 3.85. The average molecular weight is 665 g/mol. The highest BCUT2D eigenvalue weighted by Gasteiger charge is 2.48. The van der Waals surface area contributed by atoms with Gasteiger partial charge in [0.15, 0.2) is 12.2 Å². The number of benzene rings is 2. The molecule has 0 saturated heterocycles. The van der Waals surface area contributed by atoms with Crippen LogP contribution in [0.2, 0.25) is 0 Å². The molecule has 0 aliphatic heterocycles. The van der Waals surface area contributed by atoms with E-state index in [1.165, 1.54) is 23.7 Å². The van der Waals surface area contributed by atoms with E-state index in [1.807, 2.05) is 74.5 Å². The largest absolute Gasteiger partial charge is 0.490 e. The molecule has 3 aliphatic rings. The number of hydrogen-bond donors (Lipinski definition) is 0. The van der Waals surface area contributed by atoms with Gasteiger partial charge in [0.1, 0.15) is 24.7 Å². The Labute approximate surface area is 287 Å². The van der Waals surface area contributed by atoms with E-state index >= 15 is 0 Å². The van der Waals surface area contributed by atoms with Crippen molar-refractivity contribution in [1.82, 2.24) is 0 Å². The molecular weight excluding hydrogens is 608 g/mol. The molecule has 5 rings (SSSR count). The predicted molar refractivity (Wildman–Crippen MR) is 188 cm³/mol. The van der Waals surface area contributed by atoms with Crippen LogP contribution in [0.3, 0.4) is 0 Å². The van der Waals surface area contributed by atoms with Gasteiger partial charge >= 0.3 is 11.9 Å². The van der Waals surface area contributed by atoms with Gasteiger partial charge in [-0.2, -0.15) is 0 Å². The highest BCUT2D eigenvalue weighted by atomic mass is 16.6. The lowest BCUT2D eigenvalue weighted by atomic mass is 9.82. The second kappa shape index (κ2) is 21.4. The Morgan fingerprint density at radius 2 is 1.04 bits per heavy atom. The molecule has 0 radical (unpaired) electrons. The molecule has 48 heavy (non-hydrogen) atoms. The Morgan fingerprint density at radius 3 is 1.40 bits per heavy atom. The Balaban J connectivity index is 0.000000203. The lowest BCUT2D eigenvalue weighted by Gasteiger charge is -2.23. The normalized spacial score (nSPS) is 21.2. The summed E-state index contributed by atoms with van der Waals surface area (Å²) in [5.74, 6) is 5.40. The molecule has 6 atom stereocenters. The molecule has 0 aromatic heterocycles. The lowest BCUT2D eigenvalue weighted by Crippen LogP contribution is -2.30. The van der Waals surface area contributed by atoms with Crippen LogP contribution in [0.5, 0.6) is 11.5 Å². The SMILES string of the molecule is C1CC2C3CCC(C3)C2C1.C=C(C)C(=O)OC(COCC)COc1ccccc1.C=C(C)C(=O)OC(COCC)COc1ccccc1. The van der Waals surface area contributed by atoms with E-state index in [-0.39, 0.29) is 13.2 Å². The van der Waals surface area contributed by atoms with Gasteiger partial charge in [-0.3, -0.25) is 0 Å². The smallest absolute Gasteiger partial charge is 0.333 e. The van der Waals surface area contributed by atoms with Crippen LogP contribution in [0.15, 0.2) is 85.0 Å². The zero-order valence-electron chi connectivity index (χ0n) is 29.4. The predicted octanol–water partition coefficient (Wildman–Crippen LogP) is 8.01. The summed E-state index contributed by atoms with van der Waals surface area (Å²) in [6, 6.07) is 18.7. The zero-order valence-corrected chi connectivity index (χ0v) is 29.4. The molecule has 0 amide bonds. The number of rotatable bonds is 16. The topological polar surface area (TPSA) is 89.5 Å². The van der Waals surface area contributed by atoms with E-state index in [0.29, 0.717) is 37.6 Å². The molecule has 2 aromatic carbocycles. The van der Waals surface area contributed by atoms with Crippen LogP contribution in [0.1, 0.15) is 66.2 Å². The number of ether oxygens (including phenoxy) is 6. The molecule has 264 valence electrons. The van der Waals surface area contributed by atoms with Crippen molar-refractivity contribution in [2.24, 2.45) is 23.7 Å². The summed E-state index contributed by atoms with van der Waals surface area (Å²) >= 11 is 0. The van der Waals surface area contributed by atoms with Crippen molar-refractivity contribution < 1.29 is 38.0 Å². The number of carbonyl (C=O) groups is 2. The molecule has 8 nitrogen and oxygen atoms in total. The van der Waals surface area contributed by atoms with Gasteiger partial charge in [-0.15, -0.1) is 0 Å². The molecule has 3 fully saturated rings. The third kappa shape index (κ3) is 13.5. The van der Waals surface area contributed by atoms with Gasteiger partial charge in [-0.1, -0.05) is 56.0 Å². The minimum atomic E-state index is -0.440. The number of hydrogen-bond acceptors (Lipinski definition) is 8. The summed E-state index contributed by atoms with van der Waals surface area (Å²) < 4.78 is 32.2. The van der Waals surface area contributed by atoms with Crippen molar-refractivity contribution in [2.75, 3.05) is 39.6 Å². The van der Waals surface area contributed by atoms with E-state index in [0.717, 1.165) is 11.5 Å².